The molecule has 0 aliphatic heterocycles. The molecule has 0 aliphatic rings. The maximum Gasteiger partial charge on any atom is 0.216 e. The van der Waals surface area contributed by atoms with Gasteiger partial charge in [0.2, 0.25) is 4.77 Å². The zero-order valence-corrected chi connectivity index (χ0v) is 17.0. The molecule has 2 heterocycles. The fourth-order valence-electron chi connectivity index (χ4n) is 2.83. The molecule has 0 bridgehead atoms. The highest BCUT2D eigenvalue weighted by molar-refractivity contribution is 7.71. The summed E-state index contributed by atoms with van der Waals surface area (Å²) in [6.07, 6.45) is 5.10. The number of nitrogens with zero attached hydrogens (tertiary/aromatic N) is 4. The standard InChI is InChI=1S/C22H19N5O2S/c1-28-19-10-9-17(12-20(19)29-15-16-6-3-2-4-7-16)13-24-27-21(25-26-22(27)30)18-8-5-11-23-14-18/h2-14H,15H2,1H3,(H,26,30)/b24-13-. The van der Waals surface area contributed by atoms with Gasteiger partial charge in [0.1, 0.15) is 6.61 Å². The maximum absolute atomic E-state index is 5.97. The number of aromatic nitrogens is 4. The first kappa shape index (κ1) is 19.5. The molecule has 1 N–H and O–H groups in total. The van der Waals surface area contributed by atoms with E-state index in [1.54, 1.807) is 30.4 Å². The molecule has 0 aliphatic carbocycles. The molecular weight excluding hydrogens is 398 g/mol. The highest BCUT2D eigenvalue weighted by Crippen LogP contribution is 2.28. The first-order chi connectivity index (χ1) is 14.7. The van der Waals surface area contributed by atoms with Crippen LogP contribution in [0.4, 0.5) is 0 Å². The molecule has 150 valence electrons. The van der Waals surface area contributed by atoms with E-state index in [1.807, 2.05) is 60.7 Å². The number of hydrogen-bond acceptors (Lipinski definition) is 6. The molecule has 0 unspecified atom stereocenters. The van der Waals surface area contributed by atoms with E-state index in [-0.39, 0.29) is 0 Å². The first-order valence-electron chi connectivity index (χ1n) is 9.21. The normalized spacial score (nSPS) is 11.0. The van der Waals surface area contributed by atoms with Gasteiger partial charge in [0, 0.05) is 18.0 Å². The minimum atomic E-state index is 0.388. The smallest absolute Gasteiger partial charge is 0.216 e. The molecule has 0 radical (unpaired) electrons. The summed E-state index contributed by atoms with van der Waals surface area (Å²) < 4.78 is 13.3. The fraction of sp³-hybridized carbons (Fsp3) is 0.0909. The molecule has 0 saturated carbocycles. The van der Waals surface area contributed by atoms with Crippen LogP contribution >= 0.6 is 12.2 Å². The molecule has 0 amide bonds. The number of rotatable bonds is 7. The van der Waals surface area contributed by atoms with Crippen LogP contribution in [0, 0.1) is 4.77 Å². The second-order valence-corrected chi connectivity index (χ2v) is 6.72. The lowest BCUT2D eigenvalue weighted by Gasteiger charge is -2.11. The van der Waals surface area contributed by atoms with Crippen LogP contribution in [0.15, 0.2) is 78.2 Å². The lowest BCUT2D eigenvalue weighted by Crippen LogP contribution is -1.99. The summed E-state index contributed by atoms with van der Waals surface area (Å²) in [4.78, 5) is 4.12. The molecule has 8 heteroatoms. The molecule has 2 aromatic carbocycles. The molecule has 0 atom stereocenters. The van der Waals surface area contributed by atoms with Crippen LogP contribution < -0.4 is 9.47 Å². The van der Waals surface area contributed by atoms with Gasteiger partial charge in [-0.3, -0.25) is 4.98 Å². The molecule has 4 aromatic rings. The predicted octanol–water partition coefficient (Wildman–Crippen LogP) is 4.47. The summed E-state index contributed by atoms with van der Waals surface area (Å²) in [7, 11) is 1.61. The summed E-state index contributed by atoms with van der Waals surface area (Å²) in [6, 6.07) is 19.3. The zero-order chi connectivity index (χ0) is 20.8. The van der Waals surface area contributed by atoms with Crippen molar-refractivity contribution in [1.29, 1.82) is 0 Å². The van der Waals surface area contributed by atoms with Gasteiger partial charge in [0.25, 0.3) is 0 Å². The second kappa shape index (κ2) is 9.15. The number of benzene rings is 2. The molecule has 4 rings (SSSR count). The minimum absolute atomic E-state index is 0.388. The van der Waals surface area contributed by atoms with E-state index in [4.69, 9.17) is 21.7 Å². The molecule has 2 aromatic heterocycles. The quantitative estimate of drug-likeness (QED) is 0.355. The van der Waals surface area contributed by atoms with Crippen LogP contribution in [0.25, 0.3) is 11.4 Å². The van der Waals surface area contributed by atoms with Crippen LogP contribution in [0.3, 0.4) is 0 Å². The first-order valence-corrected chi connectivity index (χ1v) is 9.62. The van der Waals surface area contributed by atoms with E-state index >= 15 is 0 Å². The van der Waals surface area contributed by atoms with Crippen molar-refractivity contribution in [3.05, 3.63) is 89.0 Å². The number of methoxy groups -OCH3 is 1. The lowest BCUT2D eigenvalue weighted by molar-refractivity contribution is 0.284. The minimum Gasteiger partial charge on any atom is -0.493 e. The molecule has 0 spiro atoms. The topological polar surface area (TPSA) is 77.3 Å². The number of hydrogen-bond donors (Lipinski definition) is 1. The Labute approximate surface area is 178 Å². The number of H-pyrrole nitrogens is 1. The summed E-state index contributed by atoms with van der Waals surface area (Å²) in [6.45, 7) is 0.440. The van der Waals surface area contributed by atoms with Crippen molar-refractivity contribution in [2.24, 2.45) is 5.10 Å². The van der Waals surface area contributed by atoms with E-state index in [1.165, 1.54) is 0 Å². The molecular formula is C22H19N5O2S. The maximum atomic E-state index is 5.97. The van der Waals surface area contributed by atoms with Crippen molar-refractivity contribution in [3.8, 4) is 22.9 Å². The van der Waals surface area contributed by atoms with Crippen LogP contribution in [0.1, 0.15) is 11.1 Å². The summed E-state index contributed by atoms with van der Waals surface area (Å²) >= 11 is 5.32. The third-order valence-electron chi connectivity index (χ3n) is 4.32. The third-order valence-corrected chi connectivity index (χ3v) is 4.58. The number of pyridine rings is 1. The average Bonchev–Trinajstić information content (AvgIpc) is 3.18. The highest BCUT2D eigenvalue weighted by atomic mass is 32.1. The van der Waals surface area contributed by atoms with Crippen LogP contribution in [-0.4, -0.2) is 33.2 Å². The van der Waals surface area contributed by atoms with Gasteiger partial charge in [-0.1, -0.05) is 30.3 Å². The Bertz CT molecular complexity index is 1200. The monoisotopic (exact) mass is 417 g/mol. The van der Waals surface area contributed by atoms with Crippen molar-refractivity contribution < 1.29 is 9.47 Å². The van der Waals surface area contributed by atoms with Gasteiger partial charge in [-0.2, -0.15) is 14.9 Å². The molecule has 0 saturated heterocycles. The second-order valence-electron chi connectivity index (χ2n) is 6.34. The van der Waals surface area contributed by atoms with E-state index in [2.05, 4.69) is 20.3 Å². The fourth-order valence-corrected chi connectivity index (χ4v) is 3.01. The van der Waals surface area contributed by atoms with Crippen molar-refractivity contribution >= 4 is 18.4 Å². The van der Waals surface area contributed by atoms with Crippen molar-refractivity contribution in [3.63, 3.8) is 0 Å². The molecule has 7 nitrogen and oxygen atoms in total. The Hall–Kier alpha value is -3.78. The van der Waals surface area contributed by atoms with E-state index in [9.17, 15) is 0 Å². The van der Waals surface area contributed by atoms with Crippen molar-refractivity contribution in [2.45, 2.75) is 6.61 Å². The lowest BCUT2D eigenvalue weighted by atomic mass is 10.2. The number of nitrogens with one attached hydrogen (secondary N) is 1. The van der Waals surface area contributed by atoms with Gasteiger partial charge in [-0.25, -0.2) is 5.10 Å². The van der Waals surface area contributed by atoms with Gasteiger partial charge in [-0.15, -0.1) is 0 Å². The predicted molar refractivity (Wildman–Crippen MR) is 117 cm³/mol. The Morgan fingerprint density at radius 1 is 1.10 bits per heavy atom. The largest absolute Gasteiger partial charge is 0.493 e. The Balaban J connectivity index is 1.59. The SMILES string of the molecule is COc1ccc(/C=N\n2c(-c3cccnc3)n[nH]c2=S)cc1OCc1ccccc1. The van der Waals surface area contributed by atoms with Crippen LogP contribution in [-0.2, 0) is 6.61 Å². The molecule has 0 fully saturated rings. The number of ether oxygens (including phenoxy) is 2. The Kier molecular flexibility index (Phi) is 5.95. The highest BCUT2D eigenvalue weighted by Gasteiger charge is 2.09. The van der Waals surface area contributed by atoms with E-state index in [0.717, 1.165) is 16.7 Å². The third kappa shape index (κ3) is 4.44. The average molecular weight is 417 g/mol. The van der Waals surface area contributed by atoms with Gasteiger partial charge < -0.3 is 9.47 Å². The summed E-state index contributed by atoms with van der Waals surface area (Å²) in [5, 5.41) is 11.5. The van der Waals surface area contributed by atoms with Gasteiger partial charge in [0.15, 0.2) is 17.3 Å². The van der Waals surface area contributed by atoms with Gasteiger partial charge in [0.05, 0.1) is 13.3 Å². The van der Waals surface area contributed by atoms with Crippen LogP contribution in [0.2, 0.25) is 0 Å². The van der Waals surface area contributed by atoms with Crippen LogP contribution in [0.5, 0.6) is 11.5 Å². The zero-order valence-electron chi connectivity index (χ0n) is 16.2. The summed E-state index contributed by atoms with van der Waals surface area (Å²) in [5.74, 6) is 1.87. The van der Waals surface area contributed by atoms with E-state index < -0.39 is 0 Å². The van der Waals surface area contributed by atoms with Gasteiger partial charge >= 0.3 is 0 Å². The Morgan fingerprint density at radius 2 is 1.97 bits per heavy atom. The molecule has 30 heavy (non-hydrogen) atoms. The summed E-state index contributed by atoms with van der Waals surface area (Å²) in [5.41, 5.74) is 2.71. The number of aromatic amines is 1. The van der Waals surface area contributed by atoms with Crippen molar-refractivity contribution in [1.82, 2.24) is 19.9 Å². The Morgan fingerprint density at radius 3 is 2.73 bits per heavy atom. The van der Waals surface area contributed by atoms with Crippen molar-refractivity contribution in [2.75, 3.05) is 7.11 Å². The van der Waals surface area contributed by atoms with E-state index in [0.29, 0.717) is 28.7 Å². The van der Waals surface area contributed by atoms with Gasteiger partial charge in [-0.05, 0) is 53.7 Å².